The van der Waals surface area contributed by atoms with Crippen molar-refractivity contribution in [1.82, 2.24) is 10.6 Å². The molecule has 0 unspecified atom stereocenters. The van der Waals surface area contributed by atoms with E-state index in [1.54, 1.807) is 6.92 Å². The standard InChI is InChI=1S/C12H25NO.C11H23NO.C6H12O.C5H10O.C2H6/c1-11(2)12(14)9-7-5-4-6-8-10-13-3;1-11(13)9-7-5-3-4-6-8-10-12-2;1-6(2)4-3-5-7;1-5(2)3-4-6;1-2/h11,13H,4-10H2,1-3H3;12H,3-10H2,1-2H3;5-6H,3-4H2,1-2H3;4-5H,3H2,1-2H3;1-2H3. The van der Waals surface area contributed by atoms with E-state index < -0.39 is 0 Å². The van der Waals surface area contributed by atoms with Crippen molar-refractivity contribution < 1.29 is 19.2 Å². The van der Waals surface area contributed by atoms with Gasteiger partial charge in [-0.1, -0.05) is 100 Å². The lowest BCUT2D eigenvalue weighted by molar-refractivity contribution is -0.122. The summed E-state index contributed by atoms with van der Waals surface area (Å²) in [4.78, 5) is 41.2. The number of carbonyl (C=O) groups is 4. The van der Waals surface area contributed by atoms with Crippen molar-refractivity contribution in [2.75, 3.05) is 27.2 Å². The molecule has 0 saturated heterocycles. The van der Waals surface area contributed by atoms with Gasteiger partial charge in [-0.3, -0.25) is 4.79 Å². The van der Waals surface area contributed by atoms with Crippen LogP contribution in [-0.4, -0.2) is 51.3 Å². The van der Waals surface area contributed by atoms with Crippen LogP contribution >= 0.6 is 0 Å². The van der Waals surface area contributed by atoms with Gasteiger partial charge in [-0.15, -0.1) is 0 Å². The number of nitrogens with one attached hydrogen (secondary N) is 2. The Bertz CT molecular complexity index is 534. The molecule has 0 bridgehead atoms. The summed E-state index contributed by atoms with van der Waals surface area (Å²) in [5.41, 5.74) is 0. The molecule has 0 heterocycles. The molecule has 2 N–H and O–H groups in total. The van der Waals surface area contributed by atoms with Crippen LogP contribution < -0.4 is 10.6 Å². The Hall–Kier alpha value is -1.40. The van der Waals surface area contributed by atoms with E-state index in [2.05, 4.69) is 24.5 Å². The lowest BCUT2D eigenvalue weighted by Crippen LogP contribution is -2.07. The summed E-state index contributed by atoms with van der Waals surface area (Å²) < 4.78 is 0. The summed E-state index contributed by atoms with van der Waals surface area (Å²) >= 11 is 0. The van der Waals surface area contributed by atoms with Crippen molar-refractivity contribution in [1.29, 1.82) is 0 Å². The van der Waals surface area contributed by atoms with Gasteiger partial charge in [0.1, 0.15) is 24.1 Å². The molecule has 42 heavy (non-hydrogen) atoms. The fraction of sp³-hybridized carbons (Fsp3) is 0.889. The molecule has 0 saturated carbocycles. The lowest BCUT2D eigenvalue weighted by atomic mass is 10.0. The summed E-state index contributed by atoms with van der Waals surface area (Å²) in [5, 5.41) is 6.28. The van der Waals surface area contributed by atoms with Crippen molar-refractivity contribution >= 4 is 24.1 Å². The van der Waals surface area contributed by atoms with Crippen molar-refractivity contribution in [3.8, 4) is 0 Å². The second kappa shape index (κ2) is 46.6. The van der Waals surface area contributed by atoms with E-state index in [0.29, 0.717) is 29.8 Å². The zero-order valence-corrected chi connectivity index (χ0v) is 30.2. The molecule has 0 aromatic rings. The second-order valence-corrected chi connectivity index (χ2v) is 11.9. The smallest absolute Gasteiger partial charge is 0.135 e. The quantitative estimate of drug-likeness (QED) is 0.0897. The van der Waals surface area contributed by atoms with Gasteiger partial charge in [0.05, 0.1) is 0 Å². The largest absolute Gasteiger partial charge is 0.320 e. The molecular formula is C36H76N2O4. The van der Waals surface area contributed by atoms with Gasteiger partial charge in [-0.25, -0.2) is 0 Å². The predicted octanol–water partition coefficient (Wildman–Crippen LogP) is 9.18. The van der Waals surface area contributed by atoms with Gasteiger partial charge in [-0.05, 0) is 78.0 Å². The molecule has 0 rings (SSSR count). The first-order valence-electron chi connectivity index (χ1n) is 17.2. The van der Waals surface area contributed by atoms with Crippen LogP contribution in [0.2, 0.25) is 0 Å². The maximum atomic E-state index is 11.3. The maximum Gasteiger partial charge on any atom is 0.135 e. The third-order valence-corrected chi connectivity index (χ3v) is 6.13. The van der Waals surface area contributed by atoms with E-state index in [1.807, 2.05) is 55.6 Å². The van der Waals surface area contributed by atoms with Crippen LogP contribution in [0.4, 0.5) is 0 Å². The molecule has 0 fully saturated rings. The number of Topliss-reactive ketones (excluding diaryl/α,β-unsaturated/α-hetero) is 2. The summed E-state index contributed by atoms with van der Waals surface area (Å²) in [6.45, 7) is 20.2. The number of carbonyl (C=O) groups excluding carboxylic acids is 4. The van der Waals surface area contributed by atoms with Crippen LogP contribution in [0.25, 0.3) is 0 Å². The fourth-order valence-corrected chi connectivity index (χ4v) is 3.40. The highest BCUT2D eigenvalue weighted by molar-refractivity contribution is 5.80. The molecule has 254 valence electrons. The zero-order chi connectivity index (χ0) is 33.4. The van der Waals surface area contributed by atoms with Crippen molar-refractivity contribution in [2.45, 2.75) is 165 Å². The van der Waals surface area contributed by atoms with Crippen LogP contribution in [0, 0.1) is 17.8 Å². The minimum absolute atomic E-state index is 0.222. The maximum absolute atomic E-state index is 11.3. The fourth-order valence-electron chi connectivity index (χ4n) is 3.40. The average molecular weight is 601 g/mol. The molecule has 0 aromatic heterocycles. The molecule has 0 amide bonds. The minimum Gasteiger partial charge on any atom is -0.320 e. The molecule has 0 aliphatic heterocycles. The van der Waals surface area contributed by atoms with Crippen molar-refractivity contribution in [3.63, 3.8) is 0 Å². The first-order valence-corrected chi connectivity index (χ1v) is 17.2. The molecule has 0 aliphatic rings. The monoisotopic (exact) mass is 601 g/mol. The number of aldehydes is 2. The molecule has 0 aromatic carbocycles. The number of hydrogen-bond acceptors (Lipinski definition) is 6. The Morgan fingerprint density at radius 2 is 1.00 bits per heavy atom. The zero-order valence-electron chi connectivity index (χ0n) is 30.2. The summed E-state index contributed by atoms with van der Waals surface area (Å²) in [7, 11) is 3.98. The van der Waals surface area contributed by atoms with Crippen LogP contribution in [0.5, 0.6) is 0 Å². The van der Waals surface area contributed by atoms with Crippen LogP contribution in [-0.2, 0) is 19.2 Å². The summed E-state index contributed by atoms with van der Waals surface area (Å²) in [5.74, 6) is 2.17. The van der Waals surface area contributed by atoms with Gasteiger partial charge in [0.15, 0.2) is 0 Å². The number of unbranched alkanes of at least 4 members (excludes halogenated alkanes) is 9. The Labute approximate surface area is 263 Å². The van der Waals surface area contributed by atoms with E-state index in [0.717, 1.165) is 64.2 Å². The van der Waals surface area contributed by atoms with E-state index >= 15 is 0 Å². The number of ketones is 2. The lowest BCUT2D eigenvalue weighted by Gasteiger charge is -2.03. The van der Waals surface area contributed by atoms with Crippen molar-refractivity contribution in [3.05, 3.63) is 0 Å². The van der Waals surface area contributed by atoms with Gasteiger partial charge in [0.2, 0.25) is 0 Å². The molecular weight excluding hydrogens is 524 g/mol. The Kier molecular flexibility index (Phi) is 55.7. The molecule has 0 radical (unpaired) electrons. The molecule has 6 nitrogen and oxygen atoms in total. The molecule has 0 aliphatic carbocycles. The van der Waals surface area contributed by atoms with Gasteiger partial charge in [-0.2, -0.15) is 0 Å². The van der Waals surface area contributed by atoms with Gasteiger partial charge in [0.25, 0.3) is 0 Å². The van der Waals surface area contributed by atoms with Gasteiger partial charge in [0, 0.05) is 31.6 Å². The second-order valence-electron chi connectivity index (χ2n) is 11.9. The highest BCUT2D eigenvalue weighted by atomic mass is 16.1. The molecule has 6 heteroatoms. The highest BCUT2D eigenvalue weighted by Crippen LogP contribution is 2.09. The van der Waals surface area contributed by atoms with Crippen LogP contribution in [0.3, 0.4) is 0 Å². The predicted molar refractivity (Wildman–Crippen MR) is 185 cm³/mol. The van der Waals surface area contributed by atoms with E-state index in [9.17, 15) is 19.2 Å². The summed E-state index contributed by atoms with van der Waals surface area (Å²) in [6, 6.07) is 0. The first-order chi connectivity index (χ1) is 20.0. The van der Waals surface area contributed by atoms with Crippen LogP contribution in [0.1, 0.15) is 165 Å². The van der Waals surface area contributed by atoms with E-state index in [-0.39, 0.29) is 5.92 Å². The van der Waals surface area contributed by atoms with Crippen molar-refractivity contribution in [2.24, 2.45) is 17.8 Å². The average Bonchev–Trinajstić information content (AvgIpc) is 2.94. The minimum atomic E-state index is 0.222. The SMILES string of the molecule is CC.CC(C)CC=O.CC(C)CCC=O.CNCCCCCCCC(=O)C(C)C.CNCCCCCCCCC(C)=O. The van der Waals surface area contributed by atoms with Gasteiger partial charge >= 0.3 is 0 Å². The Balaban J connectivity index is -0.000000150. The molecule has 0 spiro atoms. The Morgan fingerprint density at radius 1 is 0.595 bits per heavy atom. The topological polar surface area (TPSA) is 92.3 Å². The molecule has 0 atom stereocenters. The first kappa shape index (κ1) is 50.2. The number of hydrogen-bond donors (Lipinski definition) is 2. The van der Waals surface area contributed by atoms with Gasteiger partial charge < -0.3 is 25.0 Å². The third-order valence-electron chi connectivity index (χ3n) is 6.13. The summed E-state index contributed by atoms with van der Waals surface area (Å²) in [6.07, 6.45) is 19.5. The van der Waals surface area contributed by atoms with E-state index in [1.165, 1.54) is 57.8 Å². The normalized spacial score (nSPS) is 9.86. The Morgan fingerprint density at radius 3 is 1.26 bits per heavy atom. The number of rotatable bonds is 23. The van der Waals surface area contributed by atoms with Crippen LogP contribution in [0.15, 0.2) is 0 Å². The third kappa shape index (κ3) is 66.7. The van der Waals surface area contributed by atoms with E-state index in [4.69, 9.17) is 0 Å². The highest BCUT2D eigenvalue weighted by Gasteiger charge is 2.05.